The van der Waals surface area contributed by atoms with Gasteiger partial charge in [0.2, 0.25) is 0 Å². The zero-order valence-electron chi connectivity index (χ0n) is 7.26. The third-order valence-electron chi connectivity index (χ3n) is 2.83. The van der Waals surface area contributed by atoms with Crippen LogP contribution in [0.1, 0.15) is 20.3 Å². The summed E-state index contributed by atoms with van der Waals surface area (Å²) in [5.41, 5.74) is 5.66. The lowest BCUT2D eigenvalue weighted by molar-refractivity contribution is -0.157. The van der Waals surface area contributed by atoms with Crippen LogP contribution in [0.15, 0.2) is 0 Å². The molecule has 0 aromatic rings. The van der Waals surface area contributed by atoms with Crippen LogP contribution in [-0.4, -0.2) is 19.1 Å². The Bertz CT molecular complexity index is 177. The van der Waals surface area contributed by atoms with Crippen molar-refractivity contribution in [3.8, 4) is 0 Å². The van der Waals surface area contributed by atoms with Gasteiger partial charge in [-0.25, -0.2) is 0 Å². The molecule has 0 amide bonds. The van der Waals surface area contributed by atoms with Crippen molar-refractivity contribution in [1.82, 2.24) is 0 Å². The second-order valence-corrected chi connectivity index (χ2v) is 3.74. The van der Waals surface area contributed by atoms with Crippen LogP contribution in [0.5, 0.6) is 0 Å². The second kappa shape index (κ2) is 2.48. The van der Waals surface area contributed by atoms with E-state index in [1.807, 2.05) is 13.8 Å². The van der Waals surface area contributed by atoms with Gasteiger partial charge in [0.15, 0.2) is 0 Å². The second-order valence-electron chi connectivity index (χ2n) is 3.74. The van der Waals surface area contributed by atoms with Crippen LogP contribution in [0.3, 0.4) is 0 Å². The number of hydrogen-bond donors (Lipinski definition) is 1. The standard InChI is InChI=1S/C8H15NO2/c1-8(2)5(4-6(8)9)7(10)11-3/h5-6H,4,9H2,1-3H3/t5-,6+/m0/s1. The summed E-state index contributed by atoms with van der Waals surface area (Å²) in [6, 6.07) is 0.145. The number of carbonyl (C=O) groups excluding carboxylic acids is 1. The van der Waals surface area contributed by atoms with E-state index in [0.717, 1.165) is 6.42 Å². The number of methoxy groups -OCH3 is 1. The van der Waals surface area contributed by atoms with Gasteiger partial charge in [0.25, 0.3) is 0 Å². The lowest BCUT2D eigenvalue weighted by atomic mass is 9.59. The van der Waals surface area contributed by atoms with Gasteiger partial charge >= 0.3 is 5.97 Å². The molecule has 64 valence electrons. The molecule has 3 heteroatoms. The Morgan fingerprint density at radius 3 is 2.45 bits per heavy atom. The Balaban J connectivity index is 2.59. The summed E-state index contributed by atoms with van der Waals surface area (Å²) in [4.78, 5) is 11.1. The third-order valence-corrected chi connectivity index (χ3v) is 2.83. The molecule has 0 radical (unpaired) electrons. The first-order valence-corrected chi connectivity index (χ1v) is 3.83. The average molecular weight is 157 g/mol. The summed E-state index contributed by atoms with van der Waals surface area (Å²) in [5.74, 6) is -0.126. The normalized spacial score (nSPS) is 34.2. The summed E-state index contributed by atoms with van der Waals surface area (Å²) in [5, 5.41) is 0. The van der Waals surface area contributed by atoms with Gasteiger partial charge in [0, 0.05) is 6.04 Å². The smallest absolute Gasteiger partial charge is 0.309 e. The van der Waals surface area contributed by atoms with Crippen molar-refractivity contribution in [1.29, 1.82) is 0 Å². The third kappa shape index (κ3) is 1.13. The van der Waals surface area contributed by atoms with E-state index in [0.29, 0.717) is 0 Å². The zero-order valence-corrected chi connectivity index (χ0v) is 7.26. The molecule has 1 aliphatic rings. The van der Waals surface area contributed by atoms with Crippen LogP contribution < -0.4 is 5.73 Å². The first kappa shape index (κ1) is 8.53. The molecule has 11 heavy (non-hydrogen) atoms. The minimum absolute atomic E-state index is 0.00231. The zero-order chi connectivity index (χ0) is 8.65. The summed E-state index contributed by atoms with van der Waals surface area (Å²) in [7, 11) is 1.42. The highest BCUT2D eigenvalue weighted by molar-refractivity contribution is 5.74. The van der Waals surface area contributed by atoms with Crippen LogP contribution in [0.2, 0.25) is 0 Å². The van der Waals surface area contributed by atoms with Gasteiger partial charge in [-0.15, -0.1) is 0 Å². The van der Waals surface area contributed by atoms with Crippen molar-refractivity contribution < 1.29 is 9.53 Å². The monoisotopic (exact) mass is 157 g/mol. The Morgan fingerprint density at radius 1 is 1.64 bits per heavy atom. The average Bonchev–Trinajstić information content (AvgIpc) is 1.98. The van der Waals surface area contributed by atoms with E-state index in [-0.39, 0.29) is 23.3 Å². The highest BCUT2D eigenvalue weighted by atomic mass is 16.5. The van der Waals surface area contributed by atoms with Gasteiger partial charge in [0.1, 0.15) is 0 Å². The van der Waals surface area contributed by atoms with Crippen molar-refractivity contribution in [2.45, 2.75) is 26.3 Å². The SMILES string of the molecule is COC(=O)[C@@H]1C[C@@H](N)C1(C)C. The predicted octanol–water partition coefficient (Wildman–Crippen LogP) is 0.533. The summed E-state index contributed by atoms with van der Waals surface area (Å²) in [6.45, 7) is 4.01. The van der Waals surface area contributed by atoms with Crippen molar-refractivity contribution in [3.63, 3.8) is 0 Å². The van der Waals surface area contributed by atoms with E-state index in [1.54, 1.807) is 0 Å². The van der Waals surface area contributed by atoms with Gasteiger partial charge in [-0.3, -0.25) is 4.79 Å². The van der Waals surface area contributed by atoms with E-state index in [4.69, 9.17) is 5.73 Å². The molecule has 1 aliphatic carbocycles. The summed E-state index contributed by atoms with van der Waals surface area (Å²) < 4.78 is 4.64. The molecule has 0 heterocycles. The minimum atomic E-state index is -0.128. The fourth-order valence-corrected chi connectivity index (χ4v) is 1.50. The first-order valence-electron chi connectivity index (χ1n) is 3.83. The van der Waals surface area contributed by atoms with Gasteiger partial charge in [-0.1, -0.05) is 13.8 Å². The molecule has 1 rings (SSSR count). The molecule has 2 atom stereocenters. The van der Waals surface area contributed by atoms with Crippen molar-refractivity contribution >= 4 is 5.97 Å². The first-order chi connectivity index (χ1) is 5.00. The molecule has 0 aliphatic heterocycles. The molecule has 0 aromatic heterocycles. The molecule has 0 spiro atoms. The number of nitrogens with two attached hydrogens (primary N) is 1. The molecule has 0 unspecified atom stereocenters. The van der Waals surface area contributed by atoms with Crippen molar-refractivity contribution in [2.75, 3.05) is 7.11 Å². The van der Waals surface area contributed by atoms with E-state index < -0.39 is 0 Å². The van der Waals surface area contributed by atoms with Crippen molar-refractivity contribution in [2.24, 2.45) is 17.1 Å². The molecule has 2 N–H and O–H groups in total. The summed E-state index contributed by atoms with van der Waals surface area (Å²) >= 11 is 0. The highest BCUT2D eigenvalue weighted by Gasteiger charge is 2.50. The van der Waals surface area contributed by atoms with Crippen LogP contribution in [-0.2, 0) is 9.53 Å². The maximum absolute atomic E-state index is 11.1. The van der Waals surface area contributed by atoms with Gasteiger partial charge in [-0.05, 0) is 11.8 Å². The summed E-state index contributed by atoms with van der Waals surface area (Å²) in [6.07, 6.45) is 0.764. The highest BCUT2D eigenvalue weighted by Crippen LogP contribution is 2.45. The quantitative estimate of drug-likeness (QED) is 0.565. The number of esters is 1. The van der Waals surface area contributed by atoms with E-state index in [9.17, 15) is 4.79 Å². The maximum Gasteiger partial charge on any atom is 0.309 e. The number of rotatable bonds is 1. The Hall–Kier alpha value is -0.570. The van der Waals surface area contributed by atoms with Gasteiger partial charge in [-0.2, -0.15) is 0 Å². The number of carbonyl (C=O) groups is 1. The van der Waals surface area contributed by atoms with Gasteiger partial charge < -0.3 is 10.5 Å². The number of ether oxygens (including phenoxy) is 1. The largest absolute Gasteiger partial charge is 0.469 e. The molecule has 0 aromatic carbocycles. The molecule has 3 nitrogen and oxygen atoms in total. The molecular formula is C8H15NO2. The molecule has 0 bridgehead atoms. The molecular weight excluding hydrogens is 142 g/mol. The Kier molecular flexibility index (Phi) is 1.92. The van der Waals surface area contributed by atoms with Crippen LogP contribution in [0.25, 0.3) is 0 Å². The topological polar surface area (TPSA) is 52.3 Å². The minimum Gasteiger partial charge on any atom is -0.469 e. The van der Waals surface area contributed by atoms with Gasteiger partial charge in [0.05, 0.1) is 13.0 Å². The predicted molar refractivity (Wildman–Crippen MR) is 41.9 cm³/mol. The van der Waals surface area contributed by atoms with E-state index in [1.165, 1.54) is 7.11 Å². The maximum atomic E-state index is 11.1. The molecule has 0 saturated heterocycles. The van der Waals surface area contributed by atoms with Crippen LogP contribution in [0.4, 0.5) is 0 Å². The molecule has 1 fully saturated rings. The fourth-order valence-electron chi connectivity index (χ4n) is 1.50. The lowest BCUT2D eigenvalue weighted by Gasteiger charge is -2.48. The van der Waals surface area contributed by atoms with Crippen LogP contribution >= 0.6 is 0 Å². The number of hydrogen-bond acceptors (Lipinski definition) is 3. The van der Waals surface area contributed by atoms with E-state index >= 15 is 0 Å². The van der Waals surface area contributed by atoms with E-state index in [2.05, 4.69) is 4.74 Å². The fraction of sp³-hybridized carbons (Fsp3) is 0.875. The molecule has 1 saturated carbocycles. The lowest BCUT2D eigenvalue weighted by Crippen LogP contribution is -2.57. The Morgan fingerprint density at radius 2 is 2.18 bits per heavy atom. The Labute approximate surface area is 66.9 Å². The van der Waals surface area contributed by atoms with Crippen LogP contribution in [0, 0.1) is 11.3 Å². The van der Waals surface area contributed by atoms with Crippen molar-refractivity contribution in [3.05, 3.63) is 0 Å².